The van der Waals surface area contributed by atoms with E-state index in [2.05, 4.69) is 10.1 Å². The monoisotopic (exact) mass is 436 g/mol. The molecule has 2 atom stereocenters. The van der Waals surface area contributed by atoms with Crippen LogP contribution in [-0.2, 0) is 18.4 Å². The van der Waals surface area contributed by atoms with Gasteiger partial charge in [-0.3, -0.25) is 23.3 Å². The Morgan fingerprint density at radius 3 is 2.53 bits per heavy atom. The number of carbonyl (C=O) groups is 1. The Morgan fingerprint density at radius 1 is 1.19 bits per heavy atom. The van der Waals surface area contributed by atoms with Crippen LogP contribution >= 0.6 is 0 Å². The zero-order chi connectivity index (χ0) is 23.5. The van der Waals surface area contributed by atoms with E-state index in [0.29, 0.717) is 11.5 Å². The number of hydrazone groups is 1. The number of benzene rings is 1. The van der Waals surface area contributed by atoms with Crippen LogP contribution in [0, 0.1) is 13.8 Å². The number of imidazole rings is 1. The van der Waals surface area contributed by atoms with Crippen LogP contribution in [0.5, 0.6) is 0 Å². The quantitative estimate of drug-likeness (QED) is 0.626. The van der Waals surface area contributed by atoms with Crippen molar-refractivity contribution in [3.63, 3.8) is 0 Å². The summed E-state index contributed by atoms with van der Waals surface area (Å²) in [6.45, 7) is 11.1. The standard InChI is InChI=1S/C23H28N6O3/c1-12-8-9-13(2)18(10-12)11-27-21(31)19-20(26(7)23(27)32)24-22-28(19)15(4)14(3)25-29(22)16(5)17(6)30/h8-10,15-16H,11H2,1-7H3. The van der Waals surface area contributed by atoms with E-state index in [1.807, 2.05) is 45.9 Å². The lowest BCUT2D eigenvalue weighted by Crippen LogP contribution is -2.42. The first-order valence-electron chi connectivity index (χ1n) is 10.7. The second kappa shape index (κ2) is 7.58. The molecular formula is C23H28N6O3. The highest BCUT2D eigenvalue weighted by Gasteiger charge is 2.33. The molecule has 2 unspecified atom stereocenters. The van der Waals surface area contributed by atoms with Gasteiger partial charge in [0.2, 0.25) is 5.95 Å². The molecule has 0 bridgehead atoms. The number of aromatic nitrogens is 4. The maximum atomic E-state index is 13.7. The van der Waals surface area contributed by atoms with Crippen LogP contribution < -0.4 is 16.3 Å². The lowest BCUT2D eigenvalue weighted by molar-refractivity contribution is -0.118. The smallest absolute Gasteiger partial charge is 0.298 e. The molecule has 168 valence electrons. The lowest BCUT2D eigenvalue weighted by Gasteiger charge is -2.31. The number of fused-ring (bicyclic) bond motifs is 3. The fourth-order valence-corrected chi connectivity index (χ4v) is 4.05. The molecule has 0 radical (unpaired) electrons. The molecular weight excluding hydrogens is 408 g/mol. The van der Waals surface area contributed by atoms with Crippen molar-refractivity contribution in [1.29, 1.82) is 0 Å². The van der Waals surface area contributed by atoms with Crippen LogP contribution in [0.2, 0.25) is 0 Å². The van der Waals surface area contributed by atoms with Crippen molar-refractivity contribution in [2.75, 3.05) is 5.01 Å². The third-order valence-electron chi connectivity index (χ3n) is 6.41. The van der Waals surface area contributed by atoms with Gasteiger partial charge in [-0.25, -0.2) is 9.80 Å². The van der Waals surface area contributed by atoms with E-state index in [4.69, 9.17) is 0 Å². The van der Waals surface area contributed by atoms with E-state index in [1.54, 1.807) is 18.5 Å². The molecule has 0 aliphatic carbocycles. The van der Waals surface area contributed by atoms with Crippen molar-refractivity contribution in [2.24, 2.45) is 12.1 Å². The summed E-state index contributed by atoms with van der Waals surface area (Å²) in [5.74, 6) is 0.313. The number of aryl methyl sites for hydroxylation is 3. The minimum Gasteiger partial charge on any atom is -0.298 e. The van der Waals surface area contributed by atoms with E-state index in [1.165, 1.54) is 21.1 Å². The number of carbonyl (C=O) groups excluding carboxylic acids is 1. The number of hydrogen-bond acceptors (Lipinski definition) is 6. The van der Waals surface area contributed by atoms with E-state index in [-0.39, 0.29) is 24.0 Å². The van der Waals surface area contributed by atoms with Gasteiger partial charge in [0.15, 0.2) is 16.9 Å². The Labute approximate surface area is 185 Å². The lowest BCUT2D eigenvalue weighted by atomic mass is 10.1. The van der Waals surface area contributed by atoms with E-state index < -0.39 is 17.3 Å². The molecule has 9 nitrogen and oxygen atoms in total. The van der Waals surface area contributed by atoms with Gasteiger partial charge >= 0.3 is 5.69 Å². The molecule has 1 aliphatic heterocycles. The first-order chi connectivity index (χ1) is 15.0. The van der Waals surface area contributed by atoms with Crippen LogP contribution in [0.25, 0.3) is 11.2 Å². The van der Waals surface area contributed by atoms with Crippen molar-refractivity contribution in [2.45, 2.75) is 60.2 Å². The SMILES string of the molecule is CC(=O)C(C)N1N=C(C)C(C)n2c1nc1c2c(=O)n(Cc2cc(C)ccc2C)c(=O)n1C. The van der Waals surface area contributed by atoms with Gasteiger partial charge in [0, 0.05) is 7.05 Å². The molecule has 4 rings (SSSR count). The first kappa shape index (κ1) is 21.7. The molecule has 0 fully saturated rings. The topological polar surface area (TPSA) is 94.5 Å². The summed E-state index contributed by atoms with van der Waals surface area (Å²) in [7, 11) is 1.61. The zero-order valence-corrected chi connectivity index (χ0v) is 19.5. The summed E-state index contributed by atoms with van der Waals surface area (Å²) in [6, 6.07) is 5.19. The van der Waals surface area contributed by atoms with Gasteiger partial charge in [-0.1, -0.05) is 23.8 Å². The Morgan fingerprint density at radius 2 is 1.88 bits per heavy atom. The number of hydrogen-bond donors (Lipinski definition) is 0. The van der Waals surface area contributed by atoms with Crippen LogP contribution in [0.1, 0.15) is 50.4 Å². The van der Waals surface area contributed by atoms with Crippen LogP contribution in [0.15, 0.2) is 32.9 Å². The summed E-state index contributed by atoms with van der Waals surface area (Å²) < 4.78 is 4.44. The molecule has 0 N–H and O–H groups in total. The van der Waals surface area contributed by atoms with Crippen molar-refractivity contribution in [1.82, 2.24) is 18.7 Å². The second-order valence-corrected chi connectivity index (χ2v) is 8.67. The molecule has 32 heavy (non-hydrogen) atoms. The minimum atomic E-state index is -0.554. The highest BCUT2D eigenvalue weighted by Crippen LogP contribution is 2.31. The fraction of sp³-hybridized carbons (Fsp3) is 0.435. The number of anilines is 1. The Balaban J connectivity index is 2.01. The average molecular weight is 437 g/mol. The first-order valence-corrected chi connectivity index (χ1v) is 10.7. The van der Waals surface area contributed by atoms with Gasteiger partial charge in [-0.2, -0.15) is 10.1 Å². The summed E-state index contributed by atoms with van der Waals surface area (Å²) in [5.41, 5.74) is 3.51. The zero-order valence-electron chi connectivity index (χ0n) is 19.5. The molecule has 3 heterocycles. The highest BCUT2D eigenvalue weighted by molar-refractivity contribution is 5.93. The molecule has 2 aromatic heterocycles. The summed E-state index contributed by atoms with van der Waals surface area (Å²) in [6.07, 6.45) is 0. The van der Waals surface area contributed by atoms with E-state index >= 15 is 0 Å². The molecule has 0 saturated heterocycles. The predicted molar refractivity (Wildman–Crippen MR) is 125 cm³/mol. The van der Waals surface area contributed by atoms with Crippen molar-refractivity contribution >= 4 is 28.6 Å². The number of Topliss-reactive ketones (excluding diaryl/α,β-unsaturated/α-hetero) is 1. The highest BCUT2D eigenvalue weighted by atomic mass is 16.2. The molecule has 0 amide bonds. The molecule has 0 saturated carbocycles. The molecule has 9 heteroatoms. The molecule has 3 aromatic rings. The number of nitrogens with zero attached hydrogens (tertiary/aromatic N) is 6. The van der Waals surface area contributed by atoms with Gasteiger partial charge in [0.05, 0.1) is 18.3 Å². The van der Waals surface area contributed by atoms with Gasteiger partial charge < -0.3 is 0 Å². The van der Waals surface area contributed by atoms with Crippen LogP contribution in [0.3, 0.4) is 0 Å². The fourth-order valence-electron chi connectivity index (χ4n) is 4.05. The normalized spacial score (nSPS) is 16.8. The van der Waals surface area contributed by atoms with Crippen molar-refractivity contribution in [3.05, 3.63) is 55.7 Å². The number of ketones is 1. The number of rotatable bonds is 4. The van der Waals surface area contributed by atoms with Gasteiger partial charge in [0.25, 0.3) is 5.56 Å². The van der Waals surface area contributed by atoms with Gasteiger partial charge in [0.1, 0.15) is 6.04 Å². The summed E-state index contributed by atoms with van der Waals surface area (Å²) in [4.78, 5) is 43.5. The van der Waals surface area contributed by atoms with Crippen LogP contribution in [-0.4, -0.2) is 36.2 Å². The van der Waals surface area contributed by atoms with E-state index in [0.717, 1.165) is 22.4 Å². The molecule has 1 aromatic carbocycles. The Bertz CT molecular complexity index is 1410. The van der Waals surface area contributed by atoms with E-state index in [9.17, 15) is 14.4 Å². The van der Waals surface area contributed by atoms with Crippen molar-refractivity contribution in [3.8, 4) is 0 Å². The summed E-state index contributed by atoms with van der Waals surface area (Å²) >= 11 is 0. The van der Waals surface area contributed by atoms with Gasteiger partial charge in [-0.05, 0) is 52.7 Å². The average Bonchev–Trinajstić information content (AvgIpc) is 3.15. The largest absolute Gasteiger partial charge is 0.332 e. The Hall–Kier alpha value is -3.49. The maximum absolute atomic E-state index is 13.7. The molecule has 0 spiro atoms. The predicted octanol–water partition coefficient (Wildman–Crippen LogP) is 2.30. The van der Waals surface area contributed by atoms with Crippen LogP contribution in [0.4, 0.5) is 5.95 Å². The second-order valence-electron chi connectivity index (χ2n) is 8.67. The Kier molecular flexibility index (Phi) is 5.15. The summed E-state index contributed by atoms with van der Waals surface area (Å²) in [5, 5.41) is 6.10. The maximum Gasteiger partial charge on any atom is 0.332 e. The van der Waals surface area contributed by atoms with Crippen molar-refractivity contribution < 1.29 is 4.79 Å². The molecule has 1 aliphatic rings. The third kappa shape index (κ3) is 3.19. The minimum absolute atomic E-state index is 0.0732. The van der Waals surface area contributed by atoms with Gasteiger partial charge in [-0.15, -0.1) is 0 Å². The third-order valence-corrected chi connectivity index (χ3v) is 6.41.